The largest absolute Gasteiger partial charge is 0.352 e. The first-order valence-corrected chi connectivity index (χ1v) is 12.5. The van der Waals surface area contributed by atoms with Gasteiger partial charge in [-0.15, -0.1) is 0 Å². The summed E-state index contributed by atoms with van der Waals surface area (Å²) in [5.74, 6) is -0.513. The molecule has 34 heavy (non-hydrogen) atoms. The Hall–Kier alpha value is -3.66. The maximum atomic E-state index is 12.9. The van der Waals surface area contributed by atoms with Gasteiger partial charge in [-0.05, 0) is 49.2 Å². The van der Waals surface area contributed by atoms with Gasteiger partial charge in [0, 0.05) is 24.8 Å². The fourth-order valence-electron chi connectivity index (χ4n) is 3.92. The minimum atomic E-state index is -3.76. The van der Waals surface area contributed by atoms with Crippen LogP contribution in [-0.2, 0) is 21.4 Å². The van der Waals surface area contributed by atoms with Gasteiger partial charge < -0.3 is 10.6 Å². The lowest BCUT2D eigenvalue weighted by atomic mass is 10.2. The first kappa shape index (κ1) is 23.5. The molecule has 1 fully saturated rings. The van der Waals surface area contributed by atoms with E-state index in [2.05, 4.69) is 15.7 Å². The molecule has 1 aliphatic carbocycles. The zero-order chi connectivity index (χ0) is 24.1. The first-order valence-electron chi connectivity index (χ1n) is 11.1. The van der Waals surface area contributed by atoms with E-state index in [0.29, 0.717) is 16.9 Å². The van der Waals surface area contributed by atoms with Crippen LogP contribution in [0.3, 0.4) is 0 Å². The molecule has 4 rings (SSSR count). The molecule has 0 saturated heterocycles. The van der Waals surface area contributed by atoms with Gasteiger partial charge in [0.25, 0.3) is 15.9 Å². The molecule has 1 aliphatic rings. The molecule has 178 valence electrons. The zero-order valence-electron chi connectivity index (χ0n) is 18.8. The molecule has 0 bridgehead atoms. The maximum Gasteiger partial charge on any atom is 0.264 e. The Morgan fingerprint density at radius 3 is 2.41 bits per heavy atom. The normalized spacial score (nSPS) is 14.0. The van der Waals surface area contributed by atoms with E-state index in [9.17, 15) is 18.0 Å². The number of rotatable bonds is 8. The Balaban J connectivity index is 1.36. The molecule has 0 spiro atoms. The monoisotopic (exact) mass is 481 g/mol. The summed E-state index contributed by atoms with van der Waals surface area (Å²) in [7, 11) is -2.28. The summed E-state index contributed by atoms with van der Waals surface area (Å²) in [6.45, 7) is 0.0772. The van der Waals surface area contributed by atoms with Crippen LogP contribution in [0.15, 0.2) is 71.9 Å². The van der Waals surface area contributed by atoms with Crippen LogP contribution in [0, 0.1) is 0 Å². The summed E-state index contributed by atoms with van der Waals surface area (Å²) >= 11 is 0. The number of carbonyl (C=O) groups excluding carboxylic acids is 2. The number of benzene rings is 2. The fourth-order valence-corrected chi connectivity index (χ4v) is 5.12. The molecule has 9 nitrogen and oxygen atoms in total. The molecule has 3 aromatic rings. The van der Waals surface area contributed by atoms with E-state index < -0.39 is 15.9 Å². The Morgan fingerprint density at radius 1 is 1.06 bits per heavy atom. The van der Waals surface area contributed by atoms with Crippen molar-refractivity contribution in [1.82, 2.24) is 15.1 Å². The van der Waals surface area contributed by atoms with Crippen LogP contribution in [-0.4, -0.2) is 43.1 Å². The average molecular weight is 482 g/mol. The number of sulfonamides is 1. The number of anilines is 2. The molecule has 2 amide bonds. The van der Waals surface area contributed by atoms with Crippen LogP contribution in [0.5, 0.6) is 0 Å². The number of aromatic nitrogens is 2. The first-order chi connectivity index (χ1) is 16.3. The number of amides is 2. The molecule has 1 aromatic heterocycles. The minimum Gasteiger partial charge on any atom is -0.352 e. The van der Waals surface area contributed by atoms with Gasteiger partial charge >= 0.3 is 0 Å². The standard InChI is InChI=1S/C24H27N5O4S/c1-28(21-9-3-2-4-10-21)34(32,33)22-13-11-18(12-14-22)24(31)27-20-15-25-29(16-20)17-23(30)26-19-7-5-6-8-19/h2-4,9-16,19H,5-8,17H2,1H3,(H,26,30)(H,27,31). The summed E-state index contributed by atoms with van der Waals surface area (Å²) in [5.41, 5.74) is 1.28. The second-order valence-electron chi connectivity index (χ2n) is 8.26. The smallest absolute Gasteiger partial charge is 0.264 e. The second-order valence-corrected chi connectivity index (χ2v) is 10.2. The van der Waals surface area contributed by atoms with Crippen molar-refractivity contribution in [2.45, 2.75) is 43.2 Å². The topological polar surface area (TPSA) is 113 Å². The summed E-state index contributed by atoms with van der Waals surface area (Å²) in [6, 6.07) is 14.7. The molecular formula is C24H27N5O4S. The lowest BCUT2D eigenvalue weighted by molar-refractivity contribution is -0.122. The highest BCUT2D eigenvalue weighted by Gasteiger charge is 2.22. The number of carbonyl (C=O) groups is 2. The van der Waals surface area contributed by atoms with Crippen molar-refractivity contribution in [3.63, 3.8) is 0 Å². The van der Waals surface area contributed by atoms with Crippen LogP contribution in [0.2, 0.25) is 0 Å². The lowest BCUT2D eigenvalue weighted by Gasteiger charge is -2.19. The maximum absolute atomic E-state index is 12.9. The molecule has 10 heteroatoms. The summed E-state index contributed by atoms with van der Waals surface area (Å²) in [5, 5.41) is 9.85. The van der Waals surface area contributed by atoms with Crippen molar-refractivity contribution in [3.05, 3.63) is 72.6 Å². The van der Waals surface area contributed by atoms with Crippen molar-refractivity contribution in [3.8, 4) is 0 Å². The Kier molecular flexibility index (Phi) is 6.97. The molecule has 0 aliphatic heterocycles. The van der Waals surface area contributed by atoms with Gasteiger partial charge in [0.15, 0.2) is 0 Å². The zero-order valence-corrected chi connectivity index (χ0v) is 19.7. The molecule has 0 atom stereocenters. The van der Waals surface area contributed by atoms with Gasteiger partial charge in [0.05, 0.1) is 22.5 Å². The summed E-state index contributed by atoms with van der Waals surface area (Å²) < 4.78 is 28.4. The Bertz CT molecular complexity index is 1250. The fraction of sp³-hybridized carbons (Fsp3) is 0.292. The van der Waals surface area contributed by atoms with Crippen molar-refractivity contribution in [2.24, 2.45) is 0 Å². The van der Waals surface area contributed by atoms with Gasteiger partial charge in [0.1, 0.15) is 6.54 Å². The number of hydrogen-bond acceptors (Lipinski definition) is 5. The van der Waals surface area contributed by atoms with E-state index in [1.54, 1.807) is 30.5 Å². The molecule has 2 aromatic carbocycles. The molecule has 0 radical (unpaired) electrons. The second kappa shape index (κ2) is 10.1. The van der Waals surface area contributed by atoms with Gasteiger partial charge in [-0.25, -0.2) is 8.42 Å². The van der Waals surface area contributed by atoms with Crippen molar-refractivity contribution < 1.29 is 18.0 Å². The Labute approximate surface area is 198 Å². The van der Waals surface area contributed by atoms with E-state index in [1.807, 2.05) is 6.07 Å². The van der Waals surface area contributed by atoms with Crippen LogP contribution in [0.1, 0.15) is 36.0 Å². The van der Waals surface area contributed by atoms with E-state index in [1.165, 1.54) is 46.5 Å². The molecule has 1 saturated carbocycles. The van der Waals surface area contributed by atoms with Crippen molar-refractivity contribution in [2.75, 3.05) is 16.7 Å². The summed E-state index contributed by atoms with van der Waals surface area (Å²) in [6.07, 6.45) is 7.34. The van der Waals surface area contributed by atoms with Crippen molar-refractivity contribution in [1.29, 1.82) is 0 Å². The Morgan fingerprint density at radius 2 is 1.74 bits per heavy atom. The quantitative estimate of drug-likeness (QED) is 0.513. The molecule has 2 N–H and O–H groups in total. The third-order valence-electron chi connectivity index (χ3n) is 5.81. The van der Waals surface area contributed by atoms with Gasteiger partial charge in [-0.1, -0.05) is 31.0 Å². The molecular weight excluding hydrogens is 454 g/mol. The third kappa shape index (κ3) is 5.45. The van der Waals surface area contributed by atoms with Gasteiger partial charge in [-0.3, -0.25) is 18.6 Å². The van der Waals surface area contributed by atoms with Gasteiger partial charge in [-0.2, -0.15) is 5.10 Å². The number of para-hydroxylation sites is 1. The van der Waals surface area contributed by atoms with E-state index in [-0.39, 0.29) is 23.4 Å². The van der Waals surface area contributed by atoms with Gasteiger partial charge in [0.2, 0.25) is 5.91 Å². The van der Waals surface area contributed by atoms with Crippen LogP contribution in [0.25, 0.3) is 0 Å². The molecule has 0 unspecified atom stereocenters. The number of hydrogen-bond donors (Lipinski definition) is 2. The predicted molar refractivity (Wildman–Crippen MR) is 129 cm³/mol. The third-order valence-corrected chi connectivity index (χ3v) is 7.61. The lowest BCUT2D eigenvalue weighted by Crippen LogP contribution is -2.35. The SMILES string of the molecule is CN(c1ccccc1)S(=O)(=O)c1ccc(C(=O)Nc2cnn(CC(=O)NC3CCCC3)c2)cc1. The average Bonchev–Trinajstić information content (AvgIpc) is 3.51. The highest BCUT2D eigenvalue weighted by Crippen LogP contribution is 2.22. The predicted octanol–water partition coefficient (Wildman–Crippen LogP) is 3.02. The molecule has 1 heterocycles. The van der Waals surface area contributed by atoms with E-state index in [4.69, 9.17) is 0 Å². The van der Waals surface area contributed by atoms with Crippen molar-refractivity contribution >= 4 is 33.2 Å². The number of nitrogens with one attached hydrogen (secondary N) is 2. The van der Waals surface area contributed by atoms with E-state index >= 15 is 0 Å². The van der Waals surface area contributed by atoms with Crippen LogP contribution in [0.4, 0.5) is 11.4 Å². The van der Waals surface area contributed by atoms with E-state index in [0.717, 1.165) is 25.7 Å². The summed E-state index contributed by atoms with van der Waals surface area (Å²) in [4.78, 5) is 24.8. The number of nitrogens with zero attached hydrogens (tertiary/aromatic N) is 3. The highest BCUT2D eigenvalue weighted by atomic mass is 32.2. The van der Waals surface area contributed by atoms with Crippen LogP contribution < -0.4 is 14.9 Å². The minimum absolute atomic E-state index is 0.0772. The highest BCUT2D eigenvalue weighted by molar-refractivity contribution is 7.92. The van der Waals surface area contributed by atoms with Crippen LogP contribution >= 0.6 is 0 Å².